The number of amides is 2. The van der Waals surface area contributed by atoms with Gasteiger partial charge in [-0.3, -0.25) is 0 Å². The molecule has 1 N–H and O–H groups in total. The van der Waals surface area contributed by atoms with Gasteiger partial charge < -0.3 is 29.2 Å². The van der Waals surface area contributed by atoms with E-state index in [1.54, 1.807) is 58.6 Å². The molecule has 0 aliphatic carbocycles. The number of hydrogen-bond acceptors (Lipinski definition) is 7. The highest BCUT2D eigenvalue weighted by Crippen LogP contribution is 2.19. The zero-order chi connectivity index (χ0) is 25.9. The predicted octanol–water partition coefficient (Wildman–Crippen LogP) is 4.50. The van der Waals surface area contributed by atoms with Crippen LogP contribution in [0.5, 0.6) is 0 Å². The van der Waals surface area contributed by atoms with E-state index < -0.39 is 29.4 Å². The Morgan fingerprint density at radius 3 is 2.03 bits per heavy atom. The first kappa shape index (κ1) is 28.8. The summed E-state index contributed by atoms with van der Waals surface area (Å²) in [5.41, 5.74) is 0.534. The van der Waals surface area contributed by atoms with Crippen LogP contribution in [0.15, 0.2) is 30.5 Å². The summed E-state index contributed by atoms with van der Waals surface area (Å²) in [7, 11) is 2.75. The molecule has 0 aliphatic heterocycles. The van der Waals surface area contributed by atoms with Crippen LogP contribution in [0.2, 0.25) is 0 Å². The van der Waals surface area contributed by atoms with Gasteiger partial charge in [0.1, 0.15) is 16.8 Å². The van der Waals surface area contributed by atoms with Crippen molar-refractivity contribution in [1.82, 2.24) is 10.2 Å². The number of carbonyl (C=O) groups excluding carboxylic acids is 3. The molecule has 0 heterocycles. The summed E-state index contributed by atoms with van der Waals surface area (Å²) in [5.74, 6) is -0.512. The molecular weight excluding hydrogens is 440 g/mol. The lowest BCUT2D eigenvalue weighted by Crippen LogP contribution is -2.38. The summed E-state index contributed by atoms with van der Waals surface area (Å²) >= 11 is 0. The molecular formula is C25H38N2O7. The molecule has 1 aromatic carbocycles. The molecule has 0 aliphatic rings. The van der Waals surface area contributed by atoms with Crippen LogP contribution in [0, 0.1) is 0 Å². The predicted molar refractivity (Wildman–Crippen MR) is 129 cm³/mol. The zero-order valence-electron chi connectivity index (χ0n) is 21.5. The third-order valence-corrected chi connectivity index (χ3v) is 4.20. The highest BCUT2D eigenvalue weighted by molar-refractivity contribution is 6.16. The Balaban J connectivity index is 2.87. The van der Waals surface area contributed by atoms with Crippen molar-refractivity contribution in [2.24, 2.45) is 0 Å². The Morgan fingerprint density at radius 2 is 1.53 bits per heavy atom. The van der Waals surface area contributed by atoms with E-state index in [0.29, 0.717) is 31.6 Å². The summed E-state index contributed by atoms with van der Waals surface area (Å²) < 4.78 is 20.5. The van der Waals surface area contributed by atoms with Gasteiger partial charge in [0, 0.05) is 19.6 Å². The molecule has 0 bridgehead atoms. The number of ether oxygens (including phenoxy) is 4. The normalized spacial score (nSPS) is 11.9. The fraction of sp³-hybridized carbons (Fsp3) is 0.560. The average molecular weight is 479 g/mol. The lowest BCUT2D eigenvalue weighted by Gasteiger charge is -2.27. The van der Waals surface area contributed by atoms with E-state index in [0.717, 1.165) is 5.56 Å². The summed E-state index contributed by atoms with van der Waals surface area (Å²) in [6, 6.07) is 7.15. The van der Waals surface area contributed by atoms with Crippen molar-refractivity contribution in [1.29, 1.82) is 0 Å². The molecule has 190 valence electrons. The van der Waals surface area contributed by atoms with Gasteiger partial charge in [0.25, 0.3) is 0 Å². The highest BCUT2D eigenvalue weighted by Gasteiger charge is 2.23. The van der Waals surface area contributed by atoms with Crippen molar-refractivity contribution in [2.75, 3.05) is 27.3 Å². The number of esters is 1. The summed E-state index contributed by atoms with van der Waals surface area (Å²) in [4.78, 5) is 38.2. The van der Waals surface area contributed by atoms with Crippen molar-refractivity contribution >= 4 is 23.7 Å². The quantitative estimate of drug-likeness (QED) is 0.183. The van der Waals surface area contributed by atoms with Gasteiger partial charge in [0.05, 0.1) is 20.5 Å². The summed E-state index contributed by atoms with van der Waals surface area (Å²) in [6.45, 7) is 11.8. The standard InChI is InChI=1S/C25H38N2O7/c1-24(2,3)33-22(29)26-14-9-15-27(23(30)34-25(4,5)6)16-18-10-12-19(13-11-18)20(17-31-7)21(28)32-8/h10-13,17H,9,14-16H2,1-8H3,(H,26,29)/b20-17-. The second kappa shape index (κ2) is 12.9. The number of nitrogens with one attached hydrogen (secondary N) is 1. The van der Waals surface area contributed by atoms with Gasteiger partial charge in [-0.05, 0) is 59.1 Å². The SMILES string of the molecule is CO/C=C(\C(=O)OC)c1ccc(CN(CCCNC(=O)OC(C)(C)C)C(=O)OC(C)(C)C)cc1. The molecule has 0 aromatic heterocycles. The Morgan fingerprint density at radius 1 is 0.941 bits per heavy atom. The molecule has 9 nitrogen and oxygen atoms in total. The Hall–Kier alpha value is -3.23. The first-order valence-corrected chi connectivity index (χ1v) is 11.1. The Bertz CT molecular complexity index is 850. The minimum Gasteiger partial charge on any atom is -0.503 e. The smallest absolute Gasteiger partial charge is 0.410 e. The van der Waals surface area contributed by atoms with Crippen molar-refractivity contribution in [3.8, 4) is 0 Å². The van der Waals surface area contributed by atoms with Crippen molar-refractivity contribution < 1.29 is 33.3 Å². The maximum Gasteiger partial charge on any atom is 0.410 e. The monoisotopic (exact) mass is 478 g/mol. The van der Waals surface area contributed by atoms with Crippen LogP contribution in [-0.4, -0.2) is 61.6 Å². The van der Waals surface area contributed by atoms with Crippen LogP contribution in [0.3, 0.4) is 0 Å². The van der Waals surface area contributed by atoms with E-state index in [4.69, 9.17) is 18.9 Å². The molecule has 9 heteroatoms. The van der Waals surface area contributed by atoms with Gasteiger partial charge >= 0.3 is 18.2 Å². The third kappa shape index (κ3) is 11.1. The first-order chi connectivity index (χ1) is 15.8. The molecule has 0 unspecified atom stereocenters. The second-order valence-electron chi connectivity index (χ2n) is 9.64. The molecule has 1 aromatic rings. The molecule has 0 atom stereocenters. The van der Waals surface area contributed by atoms with E-state index in [9.17, 15) is 14.4 Å². The first-order valence-electron chi connectivity index (χ1n) is 11.1. The van der Waals surface area contributed by atoms with E-state index in [2.05, 4.69) is 5.32 Å². The lowest BCUT2D eigenvalue weighted by molar-refractivity contribution is -0.133. The summed E-state index contributed by atoms with van der Waals surface area (Å²) in [5, 5.41) is 2.69. The number of rotatable bonds is 9. The maximum absolute atomic E-state index is 12.8. The van der Waals surface area contributed by atoms with Crippen LogP contribution >= 0.6 is 0 Å². The number of benzene rings is 1. The molecule has 1 rings (SSSR count). The van der Waals surface area contributed by atoms with Crippen molar-refractivity contribution in [3.05, 3.63) is 41.7 Å². The maximum atomic E-state index is 12.8. The van der Waals surface area contributed by atoms with Gasteiger partial charge in [0.15, 0.2) is 0 Å². The van der Waals surface area contributed by atoms with Crippen LogP contribution in [0.1, 0.15) is 59.1 Å². The van der Waals surface area contributed by atoms with Crippen LogP contribution in [0.25, 0.3) is 5.57 Å². The molecule has 0 saturated heterocycles. The topological polar surface area (TPSA) is 103 Å². The average Bonchev–Trinajstić information content (AvgIpc) is 2.71. The fourth-order valence-electron chi connectivity index (χ4n) is 2.81. The van der Waals surface area contributed by atoms with Crippen molar-refractivity contribution in [3.63, 3.8) is 0 Å². The zero-order valence-corrected chi connectivity index (χ0v) is 21.5. The molecule has 0 radical (unpaired) electrons. The molecule has 0 fully saturated rings. The molecule has 0 saturated carbocycles. The second-order valence-corrected chi connectivity index (χ2v) is 9.64. The van der Waals surface area contributed by atoms with Gasteiger partial charge in [0.2, 0.25) is 0 Å². The van der Waals surface area contributed by atoms with Gasteiger partial charge in [-0.25, -0.2) is 14.4 Å². The number of nitrogens with zero attached hydrogens (tertiary/aromatic N) is 1. The Labute approximate surface area is 202 Å². The van der Waals surface area contributed by atoms with Gasteiger partial charge in [-0.2, -0.15) is 0 Å². The van der Waals surface area contributed by atoms with E-state index in [-0.39, 0.29) is 5.57 Å². The number of carbonyl (C=O) groups is 3. The molecule has 2 amide bonds. The fourth-order valence-corrected chi connectivity index (χ4v) is 2.81. The van der Waals surface area contributed by atoms with Crippen LogP contribution in [0.4, 0.5) is 9.59 Å². The third-order valence-electron chi connectivity index (χ3n) is 4.20. The lowest BCUT2D eigenvalue weighted by atomic mass is 10.0. The van der Waals surface area contributed by atoms with E-state index in [1.165, 1.54) is 20.5 Å². The largest absolute Gasteiger partial charge is 0.503 e. The van der Waals surface area contributed by atoms with E-state index >= 15 is 0 Å². The van der Waals surface area contributed by atoms with E-state index in [1.807, 2.05) is 12.1 Å². The number of hydrogen-bond donors (Lipinski definition) is 1. The van der Waals surface area contributed by atoms with Crippen molar-refractivity contribution in [2.45, 2.75) is 65.7 Å². The number of alkyl carbamates (subject to hydrolysis) is 1. The van der Waals surface area contributed by atoms with Crippen LogP contribution < -0.4 is 5.32 Å². The number of methoxy groups -OCH3 is 2. The Kier molecular flexibility index (Phi) is 10.9. The minimum absolute atomic E-state index is 0.286. The van der Waals surface area contributed by atoms with Crippen LogP contribution in [-0.2, 0) is 30.3 Å². The van der Waals surface area contributed by atoms with Gasteiger partial charge in [-0.15, -0.1) is 0 Å². The molecule has 0 spiro atoms. The van der Waals surface area contributed by atoms with Gasteiger partial charge in [-0.1, -0.05) is 24.3 Å². The molecule has 34 heavy (non-hydrogen) atoms. The summed E-state index contributed by atoms with van der Waals surface area (Å²) in [6.07, 6.45) is 0.881. The highest BCUT2D eigenvalue weighted by atomic mass is 16.6. The minimum atomic E-state index is -0.645.